The number of rotatable bonds is 10. The van der Waals surface area contributed by atoms with Crippen molar-refractivity contribution in [2.75, 3.05) is 22.5 Å². The number of carbonyl (C=O) groups is 1. The maximum Gasteiger partial charge on any atom is 0.257 e. The van der Waals surface area contributed by atoms with E-state index in [0.29, 0.717) is 22.4 Å². The third kappa shape index (κ3) is 7.04. The van der Waals surface area contributed by atoms with Crippen molar-refractivity contribution < 1.29 is 4.79 Å². The van der Waals surface area contributed by atoms with Gasteiger partial charge in [-0.1, -0.05) is 20.1 Å². The standard InChI is InChI=1S/C30H31N7O/c1-5-14-31-21(3)18-27-22(4)33-16-13-28(27)37-29-11-6-23(19-34-29)30(38)36-25-9-7-24(8-10-25)35-26-12-15-32-20(2)17-26/h6-13,15-19,31H,3-5,14H2,1-2H3,(H,32,35)(H,34,37)(H,36,38)/b27-18+. The van der Waals surface area contributed by atoms with Gasteiger partial charge in [0.1, 0.15) is 5.82 Å². The largest absolute Gasteiger partial charge is 0.386 e. The van der Waals surface area contributed by atoms with Crippen LogP contribution in [0.2, 0.25) is 0 Å². The van der Waals surface area contributed by atoms with Crippen LogP contribution in [0.5, 0.6) is 0 Å². The second kappa shape index (κ2) is 12.3. The van der Waals surface area contributed by atoms with Crippen LogP contribution in [0.4, 0.5) is 28.6 Å². The molecule has 3 heterocycles. The van der Waals surface area contributed by atoms with Crippen molar-refractivity contribution in [3.8, 4) is 0 Å². The Morgan fingerprint density at radius 3 is 2.39 bits per heavy atom. The van der Waals surface area contributed by atoms with Crippen molar-refractivity contribution in [1.29, 1.82) is 0 Å². The van der Waals surface area contributed by atoms with Crippen LogP contribution in [-0.2, 0) is 0 Å². The van der Waals surface area contributed by atoms with Crippen molar-refractivity contribution in [3.05, 3.63) is 107 Å². The van der Waals surface area contributed by atoms with Gasteiger partial charge >= 0.3 is 0 Å². The van der Waals surface area contributed by atoms with Crippen LogP contribution in [0.15, 0.2) is 85.5 Å². The molecule has 1 aromatic carbocycles. The van der Waals surface area contributed by atoms with E-state index < -0.39 is 0 Å². The number of aryl methyl sites for hydroxylation is 1. The fraction of sp³-hybridized carbons (Fsp3) is 0.133. The number of hydrogen-bond donors (Lipinski definition) is 4. The molecular formula is C30H31N7O. The lowest BCUT2D eigenvalue weighted by Gasteiger charge is -2.10. The molecular weight excluding hydrogens is 474 g/mol. The minimum Gasteiger partial charge on any atom is -0.386 e. The Hall–Kier alpha value is -4.98. The summed E-state index contributed by atoms with van der Waals surface area (Å²) >= 11 is 0. The first-order valence-electron chi connectivity index (χ1n) is 12.3. The first-order chi connectivity index (χ1) is 18.4. The summed E-state index contributed by atoms with van der Waals surface area (Å²) in [5, 5.41) is 14.2. The summed E-state index contributed by atoms with van der Waals surface area (Å²) in [6.07, 6.45) is 7.90. The van der Waals surface area contributed by atoms with Gasteiger partial charge in [0.05, 0.1) is 16.6 Å². The van der Waals surface area contributed by atoms with E-state index in [4.69, 9.17) is 0 Å². The third-order valence-electron chi connectivity index (χ3n) is 5.61. The van der Waals surface area contributed by atoms with E-state index in [9.17, 15) is 4.79 Å². The number of nitrogens with zero attached hydrogens (tertiary/aromatic N) is 3. The van der Waals surface area contributed by atoms with Gasteiger partial charge in [-0.05, 0) is 74.0 Å². The smallest absolute Gasteiger partial charge is 0.257 e. The Kier molecular flexibility index (Phi) is 8.46. The van der Waals surface area contributed by atoms with Crippen molar-refractivity contribution in [3.63, 3.8) is 0 Å². The quantitative estimate of drug-likeness (QED) is 0.249. The maximum absolute atomic E-state index is 12.8. The molecule has 0 spiro atoms. The van der Waals surface area contributed by atoms with Crippen LogP contribution in [0, 0.1) is 6.92 Å². The Morgan fingerprint density at radius 1 is 0.921 bits per heavy atom. The molecule has 4 aromatic rings. The van der Waals surface area contributed by atoms with Gasteiger partial charge in [0.25, 0.3) is 5.91 Å². The Bertz CT molecular complexity index is 1530. The summed E-state index contributed by atoms with van der Waals surface area (Å²) < 4.78 is 0. The fourth-order valence-electron chi connectivity index (χ4n) is 3.67. The second-order valence-corrected chi connectivity index (χ2v) is 8.71. The van der Waals surface area contributed by atoms with E-state index >= 15 is 0 Å². The number of hydrogen-bond acceptors (Lipinski definition) is 7. The van der Waals surface area contributed by atoms with Gasteiger partial charge in [0.2, 0.25) is 0 Å². The predicted molar refractivity (Wildman–Crippen MR) is 155 cm³/mol. The van der Waals surface area contributed by atoms with E-state index in [-0.39, 0.29) is 5.91 Å². The molecule has 0 aliphatic carbocycles. The lowest BCUT2D eigenvalue weighted by atomic mass is 10.2. The van der Waals surface area contributed by atoms with E-state index in [0.717, 1.165) is 46.6 Å². The Labute approximate surface area is 222 Å². The summed E-state index contributed by atoms with van der Waals surface area (Å²) in [6, 6.07) is 16.7. The van der Waals surface area contributed by atoms with Crippen molar-refractivity contribution in [2.24, 2.45) is 0 Å². The fourth-order valence-corrected chi connectivity index (χ4v) is 3.67. The molecule has 0 saturated carbocycles. The minimum absolute atomic E-state index is 0.245. The molecule has 0 atom stereocenters. The average molecular weight is 506 g/mol. The van der Waals surface area contributed by atoms with Crippen LogP contribution < -0.4 is 31.8 Å². The average Bonchev–Trinajstić information content (AvgIpc) is 2.91. The van der Waals surface area contributed by atoms with Gasteiger partial charge in [0, 0.05) is 58.8 Å². The summed E-state index contributed by atoms with van der Waals surface area (Å²) in [7, 11) is 0. The number of nitrogens with one attached hydrogen (secondary N) is 4. The summed E-state index contributed by atoms with van der Waals surface area (Å²) in [6.45, 7) is 13.0. The molecule has 0 bridgehead atoms. The predicted octanol–water partition coefficient (Wildman–Crippen LogP) is 4.62. The highest BCUT2D eigenvalue weighted by molar-refractivity contribution is 6.04. The maximum atomic E-state index is 12.8. The van der Waals surface area contributed by atoms with Gasteiger partial charge in [-0.15, -0.1) is 0 Å². The molecule has 4 rings (SSSR count). The van der Waals surface area contributed by atoms with Gasteiger partial charge in [-0.3, -0.25) is 14.8 Å². The number of allylic oxidation sites excluding steroid dienone is 1. The molecule has 38 heavy (non-hydrogen) atoms. The van der Waals surface area contributed by atoms with Crippen molar-refractivity contribution in [1.82, 2.24) is 20.3 Å². The number of aromatic nitrogens is 3. The molecule has 1 amide bonds. The van der Waals surface area contributed by atoms with Gasteiger partial charge in [-0.2, -0.15) is 0 Å². The van der Waals surface area contributed by atoms with Gasteiger partial charge in [-0.25, -0.2) is 4.98 Å². The Morgan fingerprint density at radius 2 is 1.68 bits per heavy atom. The number of carbonyl (C=O) groups excluding carboxylic acids is 1. The van der Waals surface area contributed by atoms with E-state index in [2.05, 4.69) is 56.3 Å². The van der Waals surface area contributed by atoms with Crippen molar-refractivity contribution >= 4 is 47.1 Å². The SMILES string of the molecule is C=C(/C=c1/c(Nc2ccc(C(=O)Nc3ccc(Nc4ccnc(C)c4)cc3)cn2)ccnc1=C)NCCC. The van der Waals surface area contributed by atoms with Crippen LogP contribution in [0.25, 0.3) is 12.7 Å². The molecule has 0 unspecified atom stereocenters. The monoisotopic (exact) mass is 505 g/mol. The normalized spacial score (nSPS) is 11.1. The molecule has 0 radical (unpaired) electrons. The first-order valence-corrected chi connectivity index (χ1v) is 12.3. The topological polar surface area (TPSA) is 104 Å². The zero-order valence-electron chi connectivity index (χ0n) is 21.6. The molecule has 3 aromatic heterocycles. The lowest BCUT2D eigenvalue weighted by molar-refractivity contribution is 0.102. The minimum atomic E-state index is -0.245. The van der Waals surface area contributed by atoms with E-state index in [1.54, 1.807) is 24.5 Å². The molecule has 4 N–H and O–H groups in total. The Balaban J connectivity index is 1.40. The van der Waals surface area contributed by atoms with E-state index in [1.165, 1.54) is 6.20 Å². The van der Waals surface area contributed by atoms with E-state index in [1.807, 2.05) is 55.5 Å². The summed E-state index contributed by atoms with van der Waals surface area (Å²) in [4.78, 5) is 25.7. The zero-order chi connectivity index (χ0) is 26.9. The van der Waals surface area contributed by atoms with Gasteiger partial charge in [0.15, 0.2) is 0 Å². The lowest BCUT2D eigenvalue weighted by Crippen LogP contribution is -2.30. The first kappa shape index (κ1) is 26.1. The highest BCUT2D eigenvalue weighted by Gasteiger charge is 2.08. The van der Waals surface area contributed by atoms with Crippen LogP contribution in [0.3, 0.4) is 0 Å². The summed E-state index contributed by atoms with van der Waals surface area (Å²) in [5.41, 5.74) is 5.51. The molecule has 8 nitrogen and oxygen atoms in total. The number of amides is 1. The zero-order valence-corrected chi connectivity index (χ0v) is 21.6. The highest BCUT2D eigenvalue weighted by atomic mass is 16.1. The van der Waals surface area contributed by atoms with Crippen LogP contribution in [-0.4, -0.2) is 27.4 Å². The molecule has 192 valence electrons. The van der Waals surface area contributed by atoms with Gasteiger partial charge < -0.3 is 21.3 Å². The van der Waals surface area contributed by atoms with Crippen molar-refractivity contribution in [2.45, 2.75) is 20.3 Å². The molecule has 0 aliphatic heterocycles. The number of benzene rings is 1. The number of anilines is 5. The number of pyridine rings is 3. The molecule has 8 heteroatoms. The summed E-state index contributed by atoms with van der Waals surface area (Å²) in [5.74, 6) is 0.349. The molecule has 0 saturated heterocycles. The highest BCUT2D eigenvalue weighted by Crippen LogP contribution is 2.20. The van der Waals surface area contributed by atoms with Crippen LogP contribution in [0.1, 0.15) is 29.4 Å². The third-order valence-corrected chi connectivity index (χ3v) is 5.61. The second-order valence-electron chi connectivity index (χ2n) is 8.71. The molecule has 0 fully saturated rings. The van der Waals surface area contributed by atoms with Crippen LogP contribution >= 0.6 is 0 Å². The molecule has 0 aliphatic rings.